The molecule has 3 N–H and O–H groups in total. The van der Waals surface area contributed by atoms with E-state index in [0.29, 0.717) is 5.01 Å². The van der Waals surface area contributed by atoms with Crippen LogP contribution >= 0.6 is 11.6 Å². The van der Waals surface area contributed by atoms with Gasteiger partial charge in [-0.2, -0.15) is 5.01 Å². The summed E-state index contributed by atoms with van der Waals surface area (Å²) in [6, 6.07) is -0.810. The molecule has 9 heteroatoms. The van der Waals surface area contributed by atoms with Gasteiger partial charge in [0, 0.05) is 12.4 Å². The van der Waals surface area contributed by atoms with Crippen molar-refractivity contribution in [3.63, 3.8) is 0 Å². The van der Waals surface area contributed by atoms with Gasteiger partial charge in [-0.05, 0) is 14.1 Å². The fourth-order valence-electron chi connectivity index (χ4n) is 1.42. The van der Waals surface area contributed by atoms with Crippen molar-refractivity contribution in [2.75, 3.05) is 46.3 Å². The number of nitrogens with one attached hydrogen (secondary N) is 1. The Morgan fingerprint density at radius 1 is 1.39 bits per heavy atom. The summed E-state index contributed by atoms with van der Waals surface area (Å²) in [6.45, 7) is -0.785. The molecule has 0 unspecified atom stereocenters. The Kier molecular flexibility index (Phi) is 7.76. The van der Waals surface area contributed by atoms with E-state index in [1.165, 1.54) is 0 Å². The molecule has 0 spiro atoms. The number of aliphatic hydroxyl groups is 2. The third-order valence-corrected chi connectivity index (χ3v) is 2.39. The van der Waals surface area contributed by atoms with Gasteiger partial charge in [-0.25, -0.2) is 4.79 Å². The maximum absolute atomic E-state index is 11.7. The topological polar surface area (TPSA) is 105 Å². The van der Waals surface area contributed by atoms with E-state index < -0.39 is 24.8 Å². The second kappa shape index (κ2) is 8.20. The fourth-order valence-corrected chi connectivity index (χ4v) is 1.58. The summed E-state index contributed by atoms with van der Waals surface area (Å²) < 4.78 is 0. The van der Waals surface area contributed by atoms with Crippen LogP contribution in [0, 0.1) is 4.91 Å². The van der Waals surface area contributed by atoms with Gasteiger partial charge in [-0.1, -0.05) is 0 Å². The highest BCUT2D eigenvalue weighted by Gasteiger charge is 2.33. The number of nitrogens with zero attached hydrogens (tertiary/aromatic N) is 3. The van der Waals surface area contributed by atoms with Gasteiger partial charge >= 0.3 is 6.03 Å². The number of likely N-dealkylation sites (N-methyl/N-ethyl adjacent to an activating group) is 1. The van der Waals surface area contributed by atoms with E-state index in [1.807, 2.05) is 0 Å². The van der Waals surface area contributed by atoms with E-state index in [2.05, 4.69) is 10.6 Å². The molecule has 0 atom stereocenters. The first-order valence-corrected chi connectivity index (χ1v) is 5.83. The number of carbonyl (C=O) groups excluding carboxylic acids is 1. The van der Waals surface area contributed by atoms with Crippen molar-refractivity contribution >= 4 is 17.6 Å². The molecule has 0 heterocycles. The van der Waals surface area contributed by atoms with Crippen LogP contribution in [0.1, 0.15) is 0 Å². The smallest absolute Gasteiger partial charge is 0.341 e. The molecular weight excluding hydrogens is 264 g/mol. The zero-order valence-electron chi connectivity index (χ0n) is 10.5. The number of carbonyl (C=O) groups is 1. The third kappa shape index (κ3) is 5.13. The summed E-state index contributed by atoms with van der Waals surface area (Å²) in [5, 5.41) is 24.1. The van der Waals surface area contributed by atoms with Crippen LogP contribution in [0.4, 0.5) is 4.79 Å². The lowest BCUT2D eigenvalue weighted by Gasteiger charge is -2.34. The van der Waals surface area contributed by atoms with Crippen molar-refractivity contribution in [3.8, 4) is 0 Å². The molecule has 0 aliphatic rings. The van der Waals surface area contributed by atoms with E-state index in [1.54, 1.807) is 19.0 Å². The molecule has 0 aromatic rings. The minimum Gasteiger partial charge on any atom is -0.394 e. The number of rotatable bonds is 8. The summed E-state index contributed by atoms with van der Waals surface area (Å²) in [4.78, 5) is 23.8. The van der Waals surface area contributed by atoms with Gasteiger partial charge in [0.25, 0.3) is 0 Å². The minimum atomic E-state index is -1.24. The average molecular weight is 283 g/mol. The molecule has 0 aliphatic heterocycles. The van der Waals surface area contributed by atoms with Crippen molar-refractivity contribution < 1.29 is 15.0 Å². The van der Waals surface area contributed by atoms with Crippen LogP contribution in [0.3, 0.4) is 0 Å². The predicted molar refractivity (Wildman–Crippen MR) is 67.2 cm³/mol. The van der Waals surface area contributed by atoms with Crippen molar-refractivity contribution in [2.24, 2.45) is 5.29 Å². The highest BCUT2D eigenvalue weighted by molar-refractivity contribution is 6.18. The third-order valence-electron chi connectivity index (χ3n) is 2.23. The Labute approximate surface area is 110 Å². The fraction of sp³-hybridized carbons (Fsp3) is 0.889. The SMILES string of the molecule is CN(C)CC(CO)(CO)NC(=O)N(CCCl)N=O. The van der Waals surface area contributed by atoms with Crippen LogP contribution in [0.2, 0.25) is 0 Å². The highest BCUT2D eigenvalue weighted by atomic mass is 35.5. The monoisotopic (exact) mass is 282 g/mol. The average Bonchev–Trinajstić information content (AvgIpc) is 2.34. The molecule has 0 fully saturated rings. The Hall–Kier alpha value is -0.960. The van der Waals surface area contributed by atoms with Crippen LogP contribution < -0.4 is 5.32 Å². The zero-order chi connectivity index (χ0) is 14.2. The van der Waals surface area contributed by atoms with E-state index in [9.17, 15) is 19.9 Å². The number of halogens is 1. The Balaban J connectivity index is 4.75. The first-order chi connectivity index (χ1) is 8.44. The van der Waals surface area contributed by atoms with Crippen LogP contribution in [-0.2, 0) is 0 Å². The molecule has 0 saturated heterocycles. The largest absolute Gasteiger partial charge is 0.394 e. The predicted octanol–water partition coefficient (Wildman–Crippen LogP) is -0.797. The van der Waals surface area contributed by atoms with Crippen molar-refractivity contribution in [1.29, 1.82) is 0 Å². The lowest BCUT2D eigenvalue weighted by Crippen LogP contribution is -2.61. The standard InChI is InChI=1S/C9H19ClN4O4/c1-13(2)5-9(6-15,7-16)11-8(17)14(12-18)4-3-10/h15-16H,3-7H2,1-2H3,(H,11,17). The number of aliphatic hydroxyl groups excluding tert-OH is 2. The van der Waals surface area contributed by atoms with Gasteiger partial charge in [-0.3, -0.25) is 0 Å². The molecule has 0 saturated carbocycles. The van der Waals surface area contributed by atoms with Crippen LogP contribution in [0.15, 0.2) is 5.29 Å². The van der Waals surface area contributed by atoms with Crippen molar-refractivity contribution in [2.45, 2.75) is 5.54 Å². The lowest BCUT2D eigenvalue weighted by molar-refractivity contribution is 0.0701. The van der Waals surface area contributed by atoms with Crippen molar-refractivity contribution in [1.82, 2.24) is 15.2 Å². The molecule has 0 radical (unpaired) electrons. The summed E-state index contributed by atoms with van der Waals surface area (Å²) in [5.41, 5.74) is -1.24. The molecule has 0 aliphatic carbocycles. The molecular formula is C9H19ClN4O4. The van der Waals surface area contributed by atoms with Crippen LogP contribution in [0.5, 0.6) is 0 Å². The minimum absolute atomic E-state index is 0.0498. The molecule has 0 rings (SSSR count). The van der Waals surface area contributed by atoms with Crippen molar-refractivity contribution in [3.05, 3.63) is 4.91 Å². The molecule has 0 bridgehead atoms. The maximum atomic E-state index is 11.7. The Bertz CT molecular complexity index is 273. The van der Waals surface area contributed by atoms with E-state index in [0.717, 1.165) is 0 Å². The first-order valence-electron chi connectivity index (χ1n) is 5.30. The highest BCUT2D eigenvalue weighted by Crippen LogP contribution is 2.06. The van der Waals surface area contributed by atoms with E-state index >= 15 is 0 Å². The molecule has 8 nitrogen and oxygen atoms in total. The van der Waals surface area contributed by atoms with Gasteiger partial charge in [0.1, 0.15) is 5.54 Å². The molecule has 18 heavy (non-hydrogen) atoms. The number of alkyl halides is 1. The molecule has 2 amide bonds. The van der Waals surface area contributed by atoms with Gasteiger partial charge < -0.3 is 20.4 Å². The van der Waals surface area contributed by atoms with Crippen LogP contribution in [0.25, 0.3) is 0 Å². The Morgan fingerprint density at radius 2 is 1.94 bits per heavy atom. The quantitative estimate of drug-likeness (QED) is 0.307. The maximum Gasteiger partial charge on any atom is 0.341 e. The summed E-state index contributed by atoms with van der Waals surface area (Å²) in [5.74, 6) is 0.0537. The number of nitroso groups, excluding NO2 is 1. The van der Waals surface area contributed by atoms with E-state index in [-0.39, 0.29) is 19.0 Å². The zero-order valence-corrected chi connectivity index (χ0v) is 11.2. The van der Waals surface area contributed by atoms with Gasteiger partial charge in [0.05, 0.1) is 25.0 Å². The molecule has 0 aromatic carbocycles. The van der Waals surface area contributed by atoms with Gasteiger partial charge in [0.15, 0.2) is 0 Å². The van der Waals surface area contributed by atoms with E-state index in [4.69, 9.17) is 11.6 Å². The summed E-state index contributed by atoms with van der Waals surface area (Å²) >= 11 is 5.41. The summed E-state index contributed by atoms with van der Waals surface area (Å²) in [7, 11) is 3.45. The number of hydrogen-bond donors (Lipinski definition) is 3. The van der Waals surface area contributed by atoms with Gasteiger partial charge in [-0.15, -0.1) is 16.5 Å². The molecule has 106 valence electrons. The lowest BCUT2D eigenvalue weighted by atomic mass is 10.0. The molecule has 0 aromatic heterocycles. The first kappa shape index (κ1) is 17.0. The number of hydrogen-bond acceptors (Lipinski definition) is 6. The number of amides is 2. The number of urea groups is 1. The second-order valence-corrected chi connectivity index (χ2v) is 4.54. The normalized spacial score (nSPS) is 11.4. The Morgan fingerprint density at radius 3 is 2.28 bits per heavy atom. The second-order valence-electron chi connectivity index (χ2n) is 4.16. The van der Waals surface area contributed by atoms with Gasteiger partial charge in [0.2, 0.25) is 0 Å². The van der Waals surface area contributed by atoms with Crippen LogP contribution in [-0.4, -0.2) is 78.0 Å². The summed E-state index contributed by atoms with van der Waals surface area (Å²) in [6.07, 6.45) is 0.